The van der Waals surface area contributed by atoms with Crippen molar-refractivity contribution in [1.82, 2.24) is 0 Å². The Balaban J connectivity index is 2.66. The van der Waals surface area contributed by atoms with Crippen LogP contribution in [0.3, 0.4) is 0 Å². The fourth-order valence-electron chi connectivity index (χ4n) is 1.79. The Kier molecular flexibility index (Phi) is 5.63. The largest absolute Gasteiger partial charge is 0.0991 e. The van der Waals surface area contributed by atoms with Gasteiger partial charge in [0.15, 0.2) is 0 Å². The van der Waals surface area contributed by atoms with Gasteiger partial charge in [0, 0.05) is 0 Å². The van der Waals surface area contributed by atoms with Gasteiger partial charge in [0.1, 0.15) is 0 Å². The van der Waals surface area contributed by atoms with Crippen LogP contribution < -0.4 is 0 Å². The summed E-state index contributed by atoms with van der Waals surface area (Å²) in [5.41, 5.74) is 4.37. The third-order valence-electron chi connectivity index (χ3n) is 2.77. The van der Waals surface area contributed by atoms with Crippen LogP contribution in [0.15, 0.2) is 59.8 Å². The molecule has 0 aromatic heterocycles. The molecule has 1 aliphatic carbocycles. The molecule has 0 unspecified atom stereocenters. The lowest BCUT2D eigenvalue weighted by atomic mass is 9.94. The zero-order valence-electron chi connectivity index (χ0n) is 10.5. The first kappa shape index (κ1) is 12.8. The Morgan fingerprint density at radius 3 is 2.75 bits per heavy atom. The molecule has 0 radical (unpaired) electrons. The highest BCUT2D eigenvalue weighted by Crippen LogP contribution is 2.23. The summed E-state index contributed by atoms with van der Waals surface area (Å²) in [7, 11) is 0. The zero-order chi connectivity index (χ0) is 11.8. The predicted octanol–water partition coefficient (Wildman–Crippen LogP) is 5.12. The first-order valence-corrected chi connectivity index (χ1v) is 6.09. The molecule has 0 saturated heterocycles. The van der Waals surface area contributed by atoms with Gasteiger partial charge in [0.05, 0.1) is 0 Å². The van der Waals surface area contributed by atoms with E-state index in [0.717, 1.165) is 12.8 Å². The van der Waals surface area contributed by atoms with Crippen LogP contribution in [0.25, 0.3) is 0 Å². The number of rotatable bonds is 5. The maximum absolute atomic E-state index is 3.77. The van der Waals surface area contributed by atoms with Gasteiger partial charge in [-0.3, -0.25) is 0 Å². The average molecular weight is 214 g/mol. The third kappa shape index (κ3) is 4.48. The molecule has 86 valence electrons. The van der Waals surface area contributed by atoms with Crippen LogP contribution >= 0.6 is 0 Å². The van der Waals surface area contributed by atoms with Gasteiger partial charge in [-0.25, -0.2) is 0 Å². The molecule has 0 nitrogen and oxygen atoms in total. The van der Waals surface area contributed by atoms with Gasteiger partial charge in [-0.05, 0) is 38.2 Å². The van der Waals surface area contributed by atoms with Crippen LogP contribution in [0.2, 0.25) is 0 Å². The lowest BCUT2D eigenvalue weighted by molar-refractivity contribution is 0.870. The molecule has 0 amide bonds. The van der Waals surface area contributed by atoms with Crippen LogP contribution in [0.4, 0.5) is 0 Å². The lowest BCUT2D eigenvalue weighted by Gasteiger charge is -2.12. The Morgan fingerprint density at radius 2 is 2.19 bits per heavy atom. The molecule has 0 saturated carbocycles. The Morgan fingerprint density at radius 1 is 1.38 bits per heavy atom. The van der Waals surface area contributed by atoms with E-state index >= 15 is 0 Å². The number of hydrogen-bond acceptors (Lipinski definition) is 0. The molecule has 0 heterocycles. The Bertz CT molecular complexity index is 348. The molecular formula is C16H22. The summed E-state index contributed by atoms with van der Waals surface area (Å²) in [6, 6.07) is 0. The average Bonchev–Trinajstić information content (AvgIpc) is 2.29. The Hall–Kier alpha value is -1.30. The maximum atomic E-state index is 3.77. The van der Waals surface area contributed by atoms with Crippen molar-refractivity contribution in [3.63, 3.8) is 0 Å². The molecule has 0 heteroatoms. The summed E-state index contributed by atoms with van der Waals surface area (Å²) in [6.07, 6.45) is 17.5. The highest BCUT2D eigenvalue weighted by atomic mass is 14.1. The smallest absolute Gasteiger partial charge is 0.00640 e. The van der Waals surface area contributed by atoms with Gasteiger partial charge in [-0.15, -0.1) is 0 Å². The van der Waals surface area contributed by atoms with Crippen molar-refractivity contribution in [2.75, 3.05) is 0 Å². The highest BCUT2D eigenvalue weighted by Gasteiger charge is 2.04. The molecule has 0 aliphatic heterocycles. The Labute approximate surface area is 99.8 Å². The monoisotopic (exact) mass is 214 g/mol. The van der Waals surface area contributed by atoms with E-state index in [1.807, 2.05) is 6.08 Å². The second-order valence-electron chi connectivity index (χ2n) is 4.30. The van der Waals surface area contributed by atoms with E-state index in [1.54, 1.807) is 0 Å². The summed E-state index contributed by atoms with van der Waals surface area (Å²) in [5, 5.41) is 0. The molecule has 0 spiro atoms. The van der Waals surface area contributed by atoms with Crippen molar-refractivity contribution in [2.24, 2.45) is 0 Å². The molecule has 0 atom stereocenters. The van der Waals surface area contributed by atoms with Crippen molar-refractivity contribution in [3.8, 4) is 0 Å². The van der Waals surface area contributed by atoms with Crippen LogP contribution in [-0.4, -0.2) is 0 Å². The van der Waals surface area contributed by atoms with Crippen LogP contribution in [0, 0.1) is 0 Å². The van der Waals surface area contributed by atoms with Crippen LogP contribution in [0.5, 0.6) is 0 Å². The molecule has 1 rings (SSSR count). The quantitative estimate of drug-likeness (QED) is 0.557. The highest BCUT2D eigenvalue weighted by molar-refractivity contribution is 5.32. The van der Waals surface area contributed by atoms with Crippen molar-refractivity contribution >= 4 is 0 Å². The van der Waals surface area contributed by atoms with Gasteiger partial charge in [0.2, 0.25) is 0 Å². The van der Waals surface area contributed by atoms with E-state index in [9.17, 15) is 0 Å². The minimum atomic E-state index is 1.06. The van der Waals surface area contributed by atoms with E-state index in [4.69, 9.17) is 0 Å². The van der Waals surface area contributed by atoms with Gasteiger partial charge >= 0.3 is 0 Å². The number of hydrogen-bond donors (Lipinski definition) is 0. The van der Waals surface area contributed by atoms with Crippen LogP contribution in [0.1, 0.15) is 39.5 Å². The second kappa shape index (κ2) is 7.05. The summed E-state index contributed by atoms with van der Waals surface area (Å²) in [6.45, 7) is 8.13. The van der Waals surface area contributed by atoms with E-state index in [0.29, 0.717) is 0 Å². The van der Waals surface area contributed by atoms with Gasteiger partial charge in [0.25, 0.3) is 0 Å². The summed E-state index contributed by atoms with van der Waals surface area (Å²) in [4.78, 5) is 0. The fourth-order valence-corrected chi connectivity index (χ4v) is 1.79. The zero-order valence-corrected chi connectivity index (χ0v) is 10.5. The van der Waals surface area contributed by atoms with Crippen molar-refractivity contribution in [1.29, 1.82) is 0 Å². The molecule has 1 aliphatic rings. The fraction of sp³-hybridized carbons (Fsp3) is 0.375. The standard InChI is InChI=1S/C16H22/c1-4-6-8-15(7-5-2)13-16-11-9-14(3)10-12-16/h5-9,11H,2,4,10,12-13H2,1,3H3/b8-6-,15-7+. The molecule has 0 bridgehead atoms. The molecule has 16 heavy (non-hydrogen) atoms. The van der Waals surface area contributed by atoms with Crippen molar-refractivity contribution < 1.29 is 0 Å². The minimum absolute atomic E-state index is 1.06. The van der Waals surface area contributed by atoms with Gasteiger partial charge in [-0.1, -0.05) is 61.1 Å². The third-order valence-corrected chi connectivity index (χ3v) is 2.77. The van der Waals surface area contributed by atoms with E-state index in [2.05, 4.69) is 50.8 Å². The first-order valence-electron chi connectivity index (χ1n) is 6.09. The van der Waals surface area contributed by atoms with E-state index in [-0.39, 0.29) is 0 Å². The van der Waals surface area contributed by atoms with Gasteiger partial charge < -0.3 is 0 Å². The molecule has 0 fully saturated rings. The SMILES string of the molecule is C=C/C=C(\C=C/CC)CC1=CC=C(C)CC1. The van der Waals surface area contributed by atoms with Crippen LogP contribution in [-0.2, 0) is 0 Å². The van der Waals surface area contributed by atoms with E-state index < -0.39 is 0 Å². The molecule has 0 aromatic rings. The van der Waals surface area contributed by atoms with Crippen molar-refractivity contribution in [3.05, 3.63) is 59.8 Å². The normalized spacial score (nSPS) is 17.2. The summed E-state index contributed by atoms with van der Waals surface area (Å²) in [5.74, 6) is 0. The predicted molar refractivity (Wildman–Crippen MR) is 73.4 cm³/mol. The lowest BCUT2D eigenvalue weighted by Crippen LogP contribution is -1.92. The molecular weight excluding hydrogens is 192 g/mol. The molecule has 0 N–H and O–H groups in total. The first-order chi connectivity index (χ1) is 7.76. The maximum Gasteiger partial charge on any atom is -0.00640 e. The van der Waals surface area contributed by atoms with Gasteiger partial charge in [-0.2, -0.15) is 0 Å². The van der Waals surface area contributed by atoms with Crippen molar-refractivity contribution in [2.45, 2.75) is 39.5 Å². The topological polar surface area (TPSA) is 0 Å². The summed E-state index contributed by atoms with van der Waals surface area (Å²) >= 11 is 0. The minimum Gasteiger partial charge on any atom is -0.0991 e. The van der Waals surface area contributed by atoms with E-state index in [1.165, 1.54) is 29.6 Å². The molecule has 0 aromatic carbocycles. The number of allylic oxidation sites excluding steroid dienone is 9. The summed E-state index contributed by atoms with van der Waals surface area (Å²) < 4.78 is 0. The second-order valence-corrected chi connectivity index (χ2v) is 4.30.